The first-order valence-corrected chi connectivity index (χ1v) is 8.29. The zero-order valence-electron chi connectivity index (χ0n) is 12.9. The monoisotopic (exact) mass is 328 g/mol. The lowest BCUT2D eigenvalue weighted by Gasteiger charge is -2.13. The summed E-state index contributed by atoms with van der Waals surface area (Å²) in [6.07, 6.45) is 2.64. The van der Waals surface area contributed by atoms with E-state index >= 15 is 0 Å². The van der Waals surface area contributed by atoms with E-state index in [1.807, 2.05) is 42.5 Å². The van der Waals surface area contributed by atoms with Crippen LogP contribution in [0.1, 0.15) is 18.4 Å². The second-order valence-corrected chi connectivity index (χ2v) is 6.12. The highest BCUT2D eigenvalue weighted by atomic mass is 32.1. The number of ether oxygens (including phenoxy) is 1. The van der Waals surface area contributed by atoms with Crippen LogP contribution >= 0.6 is 12.2 Å². The number of hydrogen-bond donors (Lipinski definition) is 2. The maximum Gasteiger partial charge on any atom is 0.230 e. The molecule has 0 spiro atoms. The molecule has 2 aromatic rings. The molecule has 23 heavy (non-hydrogen) atoms. The Bertz CT molecular complexity index is 706. The van der Waals surface area contributed by atoms with Crippen molar-refractivity contribution < 1.29 is 9.53 Å². The molecule has 1 fully saturated rings. The van der Waals surface area contributed by atoms with Crippen LogP contribution in [0.2, 0.25) is 0 Å². The number of rotatable bonds is 4. The molecule has 1 saturated heterocycles. The van der Waals surface area contributed by atoms with Crippen molar-refractivity contribution in [3.05, 3.63) is 48.0 Å². The van der Waals surface area contributed by atoms with E-state index in [2.05, 4.69) is 10.6 Å². The van der Waals surface area contributed by atoms with Crippen LogP contribution in [0.15, 0.2) is 42.5 Å². The fourth-order valence-corrected chi connectivity index (χ4v) is 3.04. The van der Waals surface area contributed by atoms with Crippen molar-refractivity contribution in [3.63, 3.8) is 0 Å². The standard InChI is InChI=1S/C18H20N2O2S/c21-17(20-18(23)19-12-15-8-4-10-22-15)11-14-7-3-6-13-5-1-2-9-16(13)14/h1-3,5-7,9,15H,4,8,10-12H2,(H2,19,20,21,23)/t15-/m1/s1. The highest BCUT2D eigenvalue weighted by Gasteiger charge is 2.16. The predicted octanol–water partition coefficient (Wildman–Crippen LogP) is 2.55. The van der Waals surface area contributed by atoms with Crippen molar-refractivity contribution in [1.82, 2.24) is 10.6 Å². The normalized spacial score (nSPS) is 17.1. The lowest BCUT2D eigenvalue weighted by atomic mass is 10.0. The summed E-state index contributed by atoms with van der Waals surface area (Å²) in [5.74, 6) is -0.105. The lowest BCUT2D eigenvalue weighted by molar-refractivity contribution is -0.119. The smallest absolute Gasteiger partial charge is 0.230 e. The first-order valence-electron chi connectivity index (χ1n) is 7.88. The Hall–Kier alpha value is -1.98. The van der Waals surface area contributed by atoms with E-state index in [1.54, 1.807) is 0 Å². The molecular weight excluding hydrogens is 308 g/mol. The Morgan fingerprint density at radius 3 is 2.87 bits per heavy atom. The Balaban J connectivity index is 1.54. The number of thiocarbonyl (C=S) groups is 1. The minimum Gasteiger partial charge on any atom is -0.376 e. The predicted molar refractivity (Wildman–Crippen MR) is 95.4 cm³/mol. The quantitative estimate of drug-likeness (QED) is 0.847. The average molecular weight is 328 g/mol. The summed E-state index contributed by atoms with van der Waals surface area (Å²) in [5.41, 5.74) is 1.00. The summed E-state index contributed by atoms with van der Waals surface area (Å²) < 4.78 is 5.52. The molecule has 1 amide bonds. The highest BCUT2D eigenvalue weighted by Crippen LogP contribution is 2.18. The molecule has 5 heteroatoms. The van der Waals surface area contributed by atoms with Gasteiger partial charge in [0.1, 0.15) is 0 Å². The number of carbonyl (C=O) groups is 1. The highest BCUT2D eigenvalue weighted by molar-refractivity contribution is 7.80. The molecule has 1 aliphatic rings. The molecule has 2 aromatic carbocycles. The van der Waals surface area contributed by atoms with E-state index in [4.69, 9.17) is 17.0 Å². The summed E-state index contributed by atoms with van der Waals surface area (Å²) in [6.45, 7) is 1.46. The molecule has 0 aromatic heterocycles. The number of benzene rings is 2. The van der Waals surface area contributed by atoms with Crippen molar-refractivity contribution >= 4 is 34.0 Å². The second-order valence-electron chi connectivity index (χ2n) is 5.71. The largest absolute Gasteiger partial charge is 0.376 e. The molecule has 0 radical (unpaired) electrons. The summed E-state index contributed by atoms with van der Waals surface area (Å²) in [5, 5.41) is 8.40. The topological polar surface area (TPSA) is 50.4 Å². The van der Waals surface area contributed by atoms with Gasteiger partial charge in [0.2, 0.25) is 5.91 Å². The van der Waals surface area contributed by atoms with Crippen LogP contribution in [0.3, 0.4) is 0 Å². The summed E-state index contributed by atoms with van der Waals surface area (Å²) in [6, 6.07) is 14.1. The SMILES string of the molecule is O=C(Cc1cccc2ccccc12)NC(=S)NC[C@H]1CCCO1. The Kier molecular flexibility index (Phi) is 5.20. The molecule has 0 aliphatic carbocycles. The third-order valence-corrected chi connectivity index (χ3v) is 4.24. The van der Waals surface area contributed by atoms with Gasteiger partial charge in [-0.25, -0.2) is 0 Å². The number of nitrogens with one attached hydrogen (secondary N) is 2. The first-order chi connectivity index (χ1) is 11.2. The van der Waals surface area contributed by atoms with Crippen LogP contribution < -0.4 is 10.6 Å². The Labute approximate surface area is 141 Å². The van der Waals surface area contributed by atoms with Gasteiger partial charge in [0.25, 0.3) is 0 Å². The van der Waals surface area contributed by atoms with Gasteiger partial charge in [0.15, 0.2) is 5.11 Å². The molecule has 3 rings (SSSR count). The Morgan fingerprint density at radius 1 is 1.22 bits per heavy atom. The minimum atomic E-state index is -0.105. The van der Waals surface area contributed by atoms with Crippen LogP contribution in [0.25, 0.3) is 10.8 Å². The first kappa shape index (κ1) is 15.9. The zero-order chi connectivity index (χ0) is 16.1. The van der Waals surface area contributed by atoms with Gasteiger partial charge in [-0.15, -0.1) is 0 Å². The molecule has 0 unspecified atom stereocenters. The van der Waals surface area contributed by atoms with E-state index in [0.29, 0.717) is 18.1 Å². The number of fused-ring (bicyclic) bond motifs is 1. The van der Waals surface area contributed by atoms with Crippen molar-refractivity contribution in [1.29, 1.82) is 0 Å². The van der Waals surface area contributed by atoms with Gasteiger partial charge in [-0.3, -0.25) is 4.79 Å². The van der Waals surface area contributed by atoms with E-state index in [0.717, 1.165) is 35.8 Å². The molecule has 1 heterocycles. The van der Waals surface area contributed by atoms with Crippen LogP contribution in [-0.4, -0.2) is 30.3 Å². The van der Waals surface area contributed by atoms with Gasteiger partial charge in [-0.1, -0.05) is 42.5 Å². The van der Waals surface area contributed by atoms with Crippen LogP contribution in [0.4, 0.5) is 0 Å². The van der Waals surface area contributed by atoms with Crippen molar-refractivity contribution in [2.45, 2.75) is 25.4 Å². The number of hydrogen-bond acceptors (Lipinski definition) is 3. The van der Waals surface area contributed by atoms with E-state index < -0.39 is 0 Å². The van der Waals surface area contributed by atoms with Gasteiger partial charge in [0, 0.05) is 13.2 Å². The van der Waals surface area contributed by atoms with E-state index in [9.17, 15) is 4.79 Å². The minimum absolute atomic E-state index is 0.105. The molecule has 2 N–H and O–H groups in total. The second kappa shape index (κ2) is 7.53. The third-order valence-electron chi connectivity index (χ3n) is 4.00. The van der Waals surface area contributed by atoms with Crippen LogP contribution in [0, 0.1) is 0 Å². The van der Waals surface area contributed by atoms with Gasteiger partial charge in [-0.2, -0.15) is 0 Å². The molecule has 4 nitrogen and oxygen atoms in total. The molecule has 0 saturated carbocycles. The zero-order valence-corrected chi connectivity index (χ0v) is 13.7. The molecule has 0 bridgehead atoms. The number of carbonyl (C=O) groups excluding carboxylic acids is 1. The van der Waals surface area contributed by atoms with Gasteiger partial charge in [-0.05, 0) is 41.4 Å². The third kappa shape index (κ3) is 4.27. The van der Waals surface area contributed by atoms with Crippen molar-refractivity contribution in [2.75, 3.05) is 13.2 Å². The maximum absolute atomic E-state index is 12.2. The Morgan fingerprint density at radius 2 is 2.04 bits per heavy atom. The number of amides is 1. The fourth-order valence-electron chi connectivity index (χ4n) is 2.85. The van der Waals surface area contributed by atoms with Crippen molar-refractivity contribution in [3.8, 4) is 0 Å². The van der Waals surface area contributed by atoms with Crippen molar-refractivity contribution in [2.24, 2.45) is 0 Å². The van der Waals surface area contributed by atoms with Gasteiger partial charge < -0.3 is 15.4 Å². The lowest BCUT2D eigenvalue weighted by Crippen LogP contribution is -2.42. The molecule has 1 aliphatic heterocycles. The average Bonchev–Trinajstić information content (AvgIpc) is 3.07. The van der Waals surface area contributed by atoms with Crippen LogP contribution in [0.5, 0.6) is 0 Å². The van der Waals surface area contributed by atoms with E-state index in [-0.39, 0.29) is 12.0 Å². The molecule has 120 valence electrons. The van der Waals surface area contributed by atoms with Gasteiger partial charge >= 0.3 is 0 Å². The summed E-state index contributed by atoms with van der Waals surface area (Å²) in [4.78, 5) is 12.2. The molecule has 1 atom stereocenters. The van der Waals surface area contributed by atoms with Gasteiger partial charge in [0.05, 0.1) is 12.5 Å². The summed E-state index contributed by atoms with van der Waals surface area (Å²) in [7, 11) is 0. The maximum atomic E-state index is 12.2. The fraction of sp³-hybridized carbons (Fsp3) is 0.333. The van der Waals surface area contributed by atoms with Crippen LogP contribution in [-0.2, 0) is 16.0 Å². The molecular formula is C18H20N2O2S. The van der Waals surface area contributed by atoms with E-state index in [1.165, 1.54) is 0 Å². The summed E-state index contributed by atoms with van der Waals surface area (Å²) >= 11 is 5.18.